The first-order valence-electron chi connectivity index (χ1n) is 3.40. The third-order valence-electron chi connectivity index (χ3n) is 1.05. The first kappa shape index (κ1) is 13.3. The van der Waals surface area contributed by atoms with Crippen LogP contribution in [0.1, 0.15) is 36.0 Å². The fraction of sp³-hybridized carbons (Fsp3) is 0.857. The van der Waals surface area contributed by atoms with Crippen molar-refractivity contribution in [3.05, 3.63) is 0 Å². The SMILES string of the molecule is CCCCCOC(C)=O.[Ca+2].[H-].[H-]. The molecule has 0 bridgehead atoms. The molecule has 3 heteroatoms. The van der Waals surface area contributed by atoms with Gasteiger partial charge < -0.3 is 7.59 Å². The third kappa shape index (κ3) is 11.5. The number of esters is 1. The molecule has 0 aliphatic heterocycles. The molecule has 0 aromatic carbocycles. The van der Waals surface area contributed by atoms with Crippen LogP contribution < -0.4 is 0 Å². The van der Waals surface area contributed by atoms with Gasteiger partial charge in [-0.1, -0.05) is 19.8 Å². The first-order chi connectivity index (χ1) is 4.27. The summed E-state index contributed by atoms with van der Waals surface area (Å²) >= 11 is 0. The molecule has 0 radical (unpaired) electrons. The molecule has 0 aliphatic carbocycles. The minimum Gasteiger partial charge on any atom is -1.00 e. The van der Waals surface area contributed by atoms with Gasteiger partial charge in [-0.25, -0.2) is 0 Å². The van der Waals surface area contributed by atoms with E-state index in [9.17, 15) is 4.79 Å². The molecule has 0 rings (SSSR count). The fourth-order valence-electron chi connectivity index (χ4n) is 0.568. The zero-order valence-electron chi connectivity index (χ0n) is 8.85. The van der Waals surface area contributed by atoms with Crippen LogP contribution in [-0.4, -0.2) is 50.3 Å². The van der Waals surface area contributed by atoms with Gasteiger partial charge in [0, 0.05) is 6.92 Å². The summed E-state index contributed by atoms with van der Waals surface area (Å²) in [6, 6.07) is 0. The van der Waals surface area contributed by atoms with E-state index in [1.165, 1.54) is 13.3 Å². The normalized spacial score (nSPS) is 8.20. The van der Waals surface area contributed by atoms with Crippen molar-refractivity contribution < 1.29 is 12.4 Å². The van der Waals surface area contributed by atoms with Gasteiger partial charge in [-0.2, -0.15) is 0 Å². The molecular formula is C7H16CaO2. The van der Waals surface area contributed by atoms with Crippen molar-refractivity contribution in [1.29, 1.82) is 0 Å². The van der Waals surface area contributed by atoms with Gasteiger partial charge in [0.1, 0.15) is 0 Å². The number of rotatable bonds is 4. The molecule has 0 atom stereocenters. The van der Waals surface area contributed by atoms with E-state index in [-0.39, 0.29) is 46.6 Å². The molecule has 2 nitrogen and oxygen atoms in total. The summed E-state index contributed by atoms with van der Waals surface area (Å²) in [5, 5.41) is 0. The maximum Gasteiger partial charge on any atom is 2.00 e. The van der Waals surface area contributed by atoms with Gasteiger partial charge in [-0.3, -0.25) is 4.79 Å². The van der Waals surface area contributed by atoms with Gasteiger partial charge in [-0.05, 0) is 6.42 Å². The van der Waals surface area contributed by atoms with Crippen LogP contribution in [0.25, 0.3) is 0 Å². The summed E-state index contributed by atoms with van der Waals surface area (Å²) in [6.45, 7) is 4.14. The van der Waals surface area contributed by atoms with Crippen molar-refractivity contribution in [2.24, 2.45) is 0 Å². The second-order valence-electron chi connectivity index (χ2n) is 2.05. The molecule has 0 unspecified atom stereocenters. The molecule has 0 amide bonds. The Morgan fingerprint density at radius 1 is 1.50 bits per heavy atom. The molecular weight excluding hydrogens is 156 g/mol. The van der Waals surface area contributed by atoms with Crippen LogP contribution in [0.5, 0.6) is 0 Å². The first-order valence-corrected chi connectivity index (χ1v) is 3.40. The van der Waals surface area contributed by atoms with Gasteiger partial charge in [0.25, 0.3) is 0 Å². The van der Waals surface area contributed by atoms with E-state index in [1.807, 2.05) is 0 Å². The molecule has 0 saturated carbocycles. The van der Waals surface area contributed by atoms with Crippen LogP contribution >= 0.6 is 0 Å². The summed E-state index contributed by atoms with van der Waals surface area (Å²) in [6.07, 6.45) is 3.31. The van der Waals surface area contributed by atoms with E-state index in [1.54, 1.807) is 0 Å². The Balaban J connectivity index is -0.000000107. The summed E-state index contributed by atoms with van der Waals surface area (Å²) < 4.78 is 4.70. The number of hydrogen-bond donors (Lipinski definition) is 0. The van der Waals surface area contributed by atoms with Crippen molar-refractivity contribution in [1.82, 2.24) is 0 Å². The van der Waals surface area contributed by atoms with E-state index in [4.69, 9.17) is 4.74 Å². The van der Waals surface area contributed by atoms with E-state index >= 15 is 0 Å². The predicted octanol–water partition coefficient (Wildman–Crippen LogP) is 1.58. The molecule has 0 saturated heterocycles. The van der Waals surface area contributed by atoms with Crippen LogP contribution in [0, 0.1) is 0 Å². The quantitative estimate of drug-likeness (QED) is 0.365. The second-order valence-corrected chi connectivity index (χ2v) is 2.05. The largest absolute Gasteiger partial charge is 2.00 e. The molecule has 58 valence electrons. The molecule has 0 N–H and O–H groups in total. The molecule has 0 aromatic rings. The fourth-order valence-corrected chi connectivity index (χ4v) is 0.568. The van der Waals surface area contributed by atoms with Crippen LogP contribution in [0.4, 0.5) is 0 Å². The van der Waals surface area contributed by atoms with Crippen LogP contribution in [-0.2, 0) is 9.53 Å². The van der Waals surface area contributed by atoms with Crippen molar-refractivity contribution >= 4 is 43.7 Å². The number of carbonyl (C=O) groups is 1. The Bertz CT molecular complexity index is 91.5. The van der Waals surface area contributed by atoms with Gasteiger partial charge in [-0.15, -0.1) is 0 Å². The summed E-state index contributed by atoms with van der Waals surface area (Å²) in [5.74, 6) is -0.175. The number of ether oxygens (including phenoxy) is 1. The Kier molecular flexibility index (Phi) is 13.0. The zero-order valence-corrected chi connectivity index (χ0v) is 9.06. The smallest absolute Gasteiger partial charge is 1.00 e. The monoisotopic (exact) mass is 172 g/mol. The van der Waals surface area contributed by atoms with Gasteiger partial charge in [0.2, 0.25) is 0 Å². The minimum atomic E-state index is -0.175. The van der Waals surface area contributed by atoms with E-state index < -0.39 is 0 Å². The Hall–Kier alpha value is 0.730. The van der Waals surface area contributed by atoms with E-state index in [0.717, 1.165) is 12.8 Å². The summed E-state index contributed by atoms with van der Waals surface area (Å²) in [4.78, 5) is 10.2. The maximum atomic E-state index is 10.2. The number of hydrogen-bond acceptors (Lipinski definition) is 2. The molecule has 0 heterocycles. The van der Waals surface area contributed by atoms with Crippen LogP contribution in [0.2, 0.25) is 0 Å². The molecule has 10 heavy (non-hydrogen) atoms. The minimum absolute atomic E-state index is 0. The third-order valence-corrected chi connectivity index (χ3v) is 1.05. The van der Waals surface area contributed by atoms with Gasteiger partial charge in [0.15, 0.2) is 0 Å². The second kappa shape index (κ2) is 9.73. The van der Waals surface area contributed by atoms with Gasteiger partial charge >= 0.3 is 43.7 Å². The molecule has 0 aliphatic rings. The number of carbonyl (C=O) groups excluding carboxylic acids is 1. The van der Waals surface area contributed by atoms with Gasteiger partial charge in [0.05, 0.1) is 6.61 Å². The van der Waals surface area contributed by atoms with E-state index in [2.05, 4.69) is 6.92 Å². The number of unbranched alkanes of at least 4 members (excludes halogenated alkanes) is 2. The average Bonchev–Trinajstić information content (AvgIpc) is 1.80. The topological polar surface area (TPSA) is 26.3 Å². The standard InChI is InChI=1S/C7H14O2.Ca.2H/c1-3-4-5-6-9-7(2)8;;;/h3-6H2,1-2H3;;;/q;+2;2*-1. The van der Waals surface area contributed by atoms with Crippen LogP contribution in [0.3, 0.4) is 0 Å². The molecule has 0 fully saturated rings. The summed E-state index contributed by atoms with van der Waals surface area (Å²) in [7, 11) is 0. The van der Waals surface area contributed by atoms with Crippen molar-refractivity contribution in [3.63, 3.8) is 0 Å². The molecule has 0 spiro atoms. The van der Waals surface area contributed by atoms with E-state index in [0.29, 0.717) is 6.61 Å². The van der Waals surface area contributed by atoms with Crippen molar-refractivity contribution in [2.45, 2.75) is 33.1 Å². The maximum absolute atomic E-state index is 10.2. The Morgan fingerprint density at radius 2 is 2.10 bits per heavy atom. The Labute approximate surface area is 95.3 Å². The Morgan fingerprint density at radius 3 is 2.50 bits per heavy atom. The molecule has 0 aromatic heterocycles. The average molecular weight is 172 g/mol. The zero-order chi connectivity index (χ0) is 7.11. The van der Waals surface area contributed by atoms with Crippen molar-refractivity contribution in [3.8, 4) is 0 Å². The van der Waals surface area contributed by atoms with Crippen LogP contribution in [0.15, 0.2) is 0 Å². The van der Waals surface area contributed by atoms with Crippen molar-refractivity contribution in [2.75, 3.05) is 6.61 Å². The predicted molar refractivity (Wildman–Crippen MR) is 44.1 cm³/mol. The summed E-state index contributed by atoms with van der Waals surface area (Å²) in [5.41, 5.74) is 0.